The average molecular weight is 269 g/mol. The van der Waals surface area contributed by atoms with Crippen LogP contribution in [0.5, 0.6) is 0 Å². The Labute approximate surface area is 114 Å². The van der Waals surface area contributed by atoms with Crippen LogP contribution in [0.4, 0.5) is 5.69 Å². The first-order valence-electron chi connectivity index (χ1n) is 6.39. The molecule has 0 bridgehead atoms. The van der Waals surface area contributed by atoms with E-state index >= 15 is 0 Å². The van der Waals surface area contributed by atoms with E-state index in [1.165, 1.54) is 5.69 Å². The topological polar surface area (TPSA) is 38.5 Å². The Kier molecular flexibility index (Phi) is 4.15. The molecule has 0 unspecified atom stereocenters. The Bertz CT molecular complexity index is 420. The molecule has 0 aliphatic carbocycles. The Morgan fingerprint density at radius 1 is 1.44 bits per heavy atom. The lowest BCUT2D eigenvalue weighted by Crippen LogP contribution is -2.53. The fraction of sp³-hybridized carbons (Fsp3) is 0.571. The van der Waals surface area contributed by atoms with Crippen molar-refractivity contribution in [3.8, 4) is 0 Å². The van der Waals surface area contributed by atoms with Crippen LogP contribution >= 0.6 is 11.6 Å². The third-order valence-corrected chi connectivity index (χ3v) is 3.78. The quantitative estimate of drug-likeness (QED) is 0.915. The molecule has 1 aliphatic rings. The van der Waals surface area contributed by atoms with Gasteiger partial charge in [-0.2, -0.15) is 0 Å². The van der Waals surface area contributed by atoms with E-state index in [4.69, 9.17) is 22.1 Å². The number of ether oxygens (including phenoxy) is 1. The molecule has 2 rings (SSSR count). The smallest absolute Gasteiger partial charge is 0.0694 e. The van der Waals surface area contributed by atoms with E-state index in [1.54, 1.807) is 0 Å². The maximum atomic E-state index is 6.31. The summed E-state index contributed by atoms with van der Waals surface area (Å²) in [5.74, 6) is 0. The van der Waals surface area contributed by atoms with Gasteiger partial charge in [0.05, 0.1) is 18.8 Å². The molecule has 2 N–H and O–H groups in total. The molecule has 3 nitrogen and oxygen atoms in total. The average Bonchev–Trinajstić information content (AvgIpc) is 2.32. The molecule has 18 heavy (non-hydrogen) atoms. The molecule has 1 aromatic carbocycles. The highest BCUT2D eigenvalue weighted by Crippen LogP contribution is 2.33. The van der Waals surface area contributed by atoms with Gasteiger partial charge in [-0.3, -0.25) is 0 Å². The van der Waals surface area contributed by atoms with E-state index in [-0.39, 0.29) is 5.54 Å². The van der Waals surface area contributed by atoms with E-state index < -0.39 is 0 Å². The summed E-state index contributed by atoms with van der Waals surface area (Å²) in [5.41, 5.74) is 8.03. The zero-order valence-electron chi connectivity index (χ0n) is 11.1. The van der Waals surface area contributed by atoms with Crippen molar-refractivity contribution in [2.24, 2.45) is 5.73 Å². The first kappa shape index (κ1) is 13.7. The summed E-state index contributed by atoms with van der Waals surface area (Å²) in [5, 5.41) is 0.806. The maximum absolute atomic E-state index is 6.31. The number of nitrogens with two attached hydrogens (primary N) is 1. The largest absolute Gasteiger partial charge is 0.377 e. The normalized spacial score (nSPS) is 19.0. The fourth-order valence-electron chi connectivity index (χ4n) is 2.50. The number of hydrogen-bond acceptors (Lipinski definition) is 3. The molecule has 0 atom stereocenters. The van der Waals surface area contributed by atoms with Crippen LogP contribution in [0.1, 0.15) is 19.4 Å². The van der Waals surface area contributed by atoms with Gasteiger partial charge in [-0.1, -0.05) is 17.7 Å². The van der Waals surface area contributed by atoms with E-state index in [0.29, 0.717) is 6.54 Å². The van der Waals surface area contributed by atoms with Crippen LogP contribution in [0, 0.1) is 0 Å². The molecule has 1 aromatic rings. The van der Waals surface area contributed by atoms with Crippen molar-refractivity contribution >= 4 is 17.3 Å². The Balaban J connectivity index is 2.40. The van der Waals surface area contributed by atoms with Gasteiger partial charge in [0.2, 0.25) is 0 Å². The summed E-state index contributed by atoms with van der Waals surface area (Å²) in [7, 11) is 0. The second kappa shape index (κ2) is 5.47. The van der Waals surface area contributed by atoms with Crippen LogP contribution in [-0.2, 0) is 11.2 Å². The van der Waals surface area contributed by atoms with Crippen LogP contribution in [0.25, 0.3) is 0 Å². The third kappa shape index (κ3) is 2.63. The summed E-state index contributed by atoms with van der Waals surface area (Å²) >= 11 is 6.31. The highest BCUT2D eigenvalue weighted by molar-refractivity contribution is 6.31. The SMILES string of the molecule is CC1(C)COCCN1c1cccc(Cl)c1CCN. The highest BCUT2D eigenvalue weighted by atomic mass is 35.5. The van der Waals surface area contributed by atoms with E-state index in [0.717, 1.165) is 36.8 Å². The minimum absolute atomic E-state index is 0.00766. The van der Waals surface area contributed by atoms with Crippen molar-refractivity contribution in [3.63, 3.8) is 0 Å². The molecule has 4 heteroatoms. The predicted molar refractivity (Wildman–Crippen MR) is 76.5 cm³/mol. The molecule has 0 aromatic heterocycles. The number of benzene rings is 1. The maximum Gasteiger partial charge on any atom is 0.0694 e. The van der Waals surface area contributed by atoms with Crippen molar-refractivity contribution in [1.29, 1.82) is 0 Å². The fourth-order valence-corrected chi connectivity index (χ4v) is 2.76. The summed E-state index contributed by atoms with van der Waals surface area (Å²) < 4.78 is 5.57. The van der Waals surface area contributed by atoms with Crippen molar-refractivity contribution in [2.75, 3.05) is 31.2 Å². The van der Waals surface area contributed by atoms with Crippen molar-refractivity contribution in [2.45, 2.75) is 25.8 Å². The Morgan fingerprint density at radius 3 is 2.89 bits per heavy atom. The van der Waals surface area contributed by atoms with E-state index in [9.17, 15) is 0 Å². The molecule has 1 heterocycles. The summed E-state index contributed by atoms with van der Waals surface area (Å²) in [6.45, 7) is 7.39. The van der Waals surface area contributed by atoms with Gasteiger partial charge in [-0.05, 0) is 44.5 Å². The minimum atomic E-state index is -0.00766. The summed E-state index contributed by atoms with van der Waals surface area (Å²) in [6.07, 6.45) is 0.808. The van der Waals surface area contributed by atoms with Gasteiger partial charge in [0, 0.05) is 17.3 Å². The Morgan fingerprint density at radius 2 is 2.22 bits per heavy atom. The first-order valence-corrected chi connectivity index (χ1v) is 6.77. The van der Waals surface area contributed by atoms with Crippen molar-refractivity contribution in [3.05, 3.63) is 28.8 Å². The third-order valence-electron chi connectivity index (χ3n) is 3.42. The molecule has 1 saturated heterocycles. The zero-order chi connectivity index (χ0) is 13.2. The predicted octanol–water partition coefficient (Wildman–Crippen LogP) is 2.46. The van der Waals surface area contributed by atoms with Crippen molar-refractivity contribution in [1.82, 2.24) is 0 Å². The van der Waals surface area contributed by atoms with Crippen molar-refractivity contribution < 1.29 is 4.74 Å². The summed E-state index contributed by atoms with van der Waals surface area (Å²) in [4.78, 5) is 2.38. The van der Waals surface area contributed by atoms with Crippen LogP contribution in [0.15, 0.2) is 18.2 Å². The minimum Gasteiger partial charge on any atom is -0.377 e. The standard InChI is InChI=1S/C14H21ClN2O/c1-14(2)10-18-9-8-17(14)13-5-3-4-12(15)11(13)6-7-16/h3-5H,6-10,16H2,1-2H3. The number of hydrogen-bond donors (Lipinski definition) is 1. The number of morpholine rings is 1. The lowest BCUT2D eigenvalue weighted by atomic mass is 9.98. The number of nitrogens with zero attached hydrogens (tertiary/aromatic N) is 1. The van der Waals surface area contributed by atoms with Crippen LogP contribution in [0.3, 0.4) is 0 Å². The molecule has 1 fully saturated rings. The van der Waals surface area contributed by atoms with Gasteiger partial charge >= 0.3 is 0 Å². The highest BCUT2D eigenvalue weighted by Gasteiger charge is 2.32. The lowest BCUT2D eigenvalue weighted by molar-refractivity contribution is 0.0643. The van der Waals surface area contributed by atoms with Crippen LogP contribution in [-0.4, -0.2) is 31.8 Å². The van der Waals surface area contributed by atoms with Gasteiger partial charge < -0.3 is 15.4 Å². The zero-order valence-corrected chi connectivity index (χ0v) is 11.8. The molecule has 0 radical (unpaired) electrons. The lowest BCUT2D eigenvalue weighted by Gasteiger charge is -2.44. The summed E-state index contributed by atoms with van der Waals surface area (Å²) in [6, 6.07) is 6.07. The molecular weight excluding hydrogens is 248 g/mol. The molecular formula is C14H21ClN2O. The second-order valence-electron chi connectivity index (χ2n) is 5.29. The second-order valence-corrected chi connectivity index (χ2v) is 5.70. The van der Waals surface area contributed by atoms with Crippen LogP contribution < -0.4 is 10.6 Å². The van der Waals surface area contributed by atoms with Gasteiger partial charge in [0.25, 0.3) is 0 Å². The van der Waals surface area contributed by atoms with E-state index in [1.807, 2.05) is 12.1 Å². The monoisotopic (exact) mass is 268 g/mol. The van der Waals surface area contributed by atoms with Gasteiger partial charge in [-0.15, -0.1) is 0 Å². The Hall–Kier alpha value is -0.770. The number of rotatable bonds is 3. The molecule has 100 valence electrons. The van der Waals surface area contributed by atoms with Gasteiger partial charge in [-0.25, -0.2) is 0 Å². The molecule has 0 amide bonds. The number of halogens is 1. The van der Waals surface area contributed by atoms with Gasteiger partial charge in [0.1, 0.15) is 0 Å². The van der Waals surface area contributed by atoms with Crippen LogP contribution in [0.2, 0.25) is 5.02 Å². The van der Waals surface area contributed by atoms with Gasteiger partial charge in [0.15, 0.2) is 0 Å². The molecule has 1 aliphatic heterocycles. The molecule has 0 saturated carbocycles. The molecule has 0 spiro atoms. The first-order chi connectivity index (χ1) is 8.56. The number of anilines is 1. The van der Waals surface area contributed by atoms with E-state index in [2.05, 4.69) is 24.8 Å².